The van der Waals surface area contributed by atoms with E-state index < -0.39 is 0 Å². The first-order valence-electron chi connectivity index (χ1n) is 26.0. The molecular weight excluding hydrogens is 969 g/mol. The molecule has 0 atom stereocenters. The van der Waals surface area contributed by atoms with E-state index in [1.165, 1.54) is 24.3 Å². The van der Waals surface area contributed by atoms with Crippen LogP contribution in [0.15, 0.2) is 250 Å². The van der Waals surface area contributed by atoms with Gasteiger partial charge in [0.05, 0.1) is 22.2 Å². The molecule has 0 aliphatic carbocycles. The number of hydrogen-bond donors (Lipinski definition) is 0. The predicted molar refractivity (Wildman–Crippen MR) is 315 cm³/mol. The average molecular weight is 1010 g/mol. The minimum absolute atomic E-state index is 0.303. The van der Waals surface area contributed by atoms with Crippen molar-refractivity contribution in [2.24, 2.45) is 0 Å². The average Bonchev–Trinajstić information content (AvgIpc) is 4.27. The lowest BCUT2D eigenvalue weighted by molar-refractivity contribution is 0.627. The van der Waals surface area contributed by atoms with E-state index in [1.807, 2.05) is 72.8 Å². The third-order valence-electron chi connectivity index (χ3n) is 16.0. The highest BCUT2D eigenvalue weighted by Gasteiger charge is 2.27. The lowest BCUT2D eigenvalue weighted by atomic mass is 9.99. The summed E-state index contributed by atoms with van der Waals surface area (Å²) in [5, 5.41) is 12.5. The number of aromatic nitrogens is 1. The molecule has 8 heteroatoms. The van der Waals surface area contributed by atoms with Crippen LogP contribution < -0.4 is 9.80 Å². The minimum Gasteiger partial charge on any atom is -0.456 e. The van der Waals surface area contributed by atoms with Crippen molar-refractivity contribution in [1.82, 2.24) is 4.40 Å². The fourth-order valence-corrected chi connectivity index (χ4v) is 12.5. The van der Waals surface area contributed by atoms with Crippen LogP contribution in [-0.4, -0.2) is 4.40 Å². The van der Waals surface area contributed by atoms with Crippen LogP contribution in [-0.2, 0) is 0 Å². The van der Waals surface area contributed by atoms with Crippen molar-refractivity contribution in [2.45, 2.75) is 0 Å². The number of furan rings is 3. The largest absolute Gasteiger partial charge is 0.456 e. The van der Waals surface area contributed by atoms with Crippen LogP contribution in [0.5, 0.6) is 0 Å². The summed E-state index contributed by atoms with van der Waals surface area (Å²) in [6.07, 6.45) is 0. The van der Waals surface area contributed by atoms with E-state index in [0.717, 1.165) is 160 Å². The number of rotatable bonds is 7. The fourth-order valence-electron chi connectivity index (χ4n) is 12.5. The second kappa shape index (κ2) is 16.0. The van der Waals surface area contributed by atoms with Gasteiger partial charge in [0.1, 0.15) is 45.1 Å². The molecular formula is C70H39F2N3O3. The summed E-state index contributed by atoms with van der Waals surface area (Å²) in [4.78, 5) is 4.38. The van der Waals surface area contributed by atoms with Crippen molar-refractivity contribution in [3.8, 4) is 11.1 Å². The molecule has 0 bridgehead atoms. The van der Waals surface area contributed by atoms with E-state index in [-0.39, 0.29) is 11.6 Å². The minimum atomic E-state index is -0.306. The summed E-state index contributed by atoms with van der Waals surface area (Å²) < 4.78 is 51.4. The topological polar surface area (TPSA) is 50.3 Å². The molecule has 0 amide bonds. The van der Waals surface area contributed by atoms with Crippen LogP contribution in [0.2, 0.25) is 0 Å². The molecule has 366 valence electrons. The van der Waals surface area contributed by atoms with Crippen LogP contribution in [0.25, 0.3) is 126 Å². The number of benzene rings is 12. The number of para-hydroxylation sites is 2. The van der Waals surface area contributed by atoms with Gasteiger partial charge in [-0.05, 0) is 151 Å². The second-order valence-electron chi connectivity index (χ2n) is 20.3. The van der Waals surface area contributed by atoms with Gasteiger partial charge in [0.2, 0.25) is 0 Å². The highest BCUT2D eigenvalue weighted by molar-refractivity contribution is 6.32. The maximum atomic E-state index is 14.9. The Morgan fingerprint density at radius 2 is 0.782 bits per heavy atom. The molecule has 5 heterocycles. The van der Waals surface area contributed by atoms with Crippen molar-refractivity contribution in [3.63, 3.8) is 0 Å². The molecule has 0 fully saturated rings. The Bertz CT molecular complexity index is 5310. The van der Waals surface area contributed by atoms with Gasteiger partial charge in [-0.3, -0.25) is 0 Å². The van der Waals surface area contributed by atoms with Crippen LogP contribution >= 0.6 is 0 Å². The fraction of sp³-hybridized carbons (Fsp3) is 0. The Hall–Kier alpha value is -10.4. The number of nitrogens with zero attached hydrogens (tertiary/aromatic N) is 3. The van der Waals surface area contributed by atoms with Crippen molar-refractivity contribution >= 4 is 149 Å². The van der Waals surface area contributed by atoms with E-state index in [0.29, 0.717) is 0 Å². The molecule has 0 aliphatic rings. The molecule has 0 saturated heterocycles. The summed E-state index contributed by atoms with van der Waals surface area (Å²) >= 11 is 0. The van der Waals surface area contributed by atoms with Crippen LogP contribution in [0.1, 0.15) is 0 Å². The van der Waals surface area contributed by atoms with Crippen LogP contribution in [0, 0.1) is 11.6 Å². The zero-order chi connectivity index (χ0) is 51.3. The molecule has 0 radical (unpaired) electrons. The Morgan fingerprint density at radius 3 is 1.46 bits per heavy atom. The highest BCUT2D eigenvalue weighted by Crippen LogP contribution is 2.51. The Morgan fingerprint density at radius 1 is 0.295 bits per heavy atom. The van der Waals surface area contributed by atoms with Crippen molar-refractivity contribution in [2.75, 3.05) is 9.80 Å². The van der Waals surface area contributed by atoms with Gasteiger partial charge in [0.15, 0.2) is 0 Å². The monoisotopic (exact) mass is 1010 g/mol. The van der Waals surface area contributed by atoms with Crippen LogP contribution in [0.4, 0.5) is 42.9 Å². The molecule has 17 rings (SSSR count). The van der Waals surface area contributed by atoms with Gasteiger partial charge in [-0.15, -0.1) is 0 Å². The first-order valence-corrected chi connectivity index (χ1v) is 26.0. The second-order valence-corrected chi connectivity index (χ2v) is 20.3. The van der Waals surface area contributed by atoms with Gasteiger partial charge in [0.25, 0.3) is 0 Å². The number of fused-ring (bicyclic) bond motifs is 18. The lowest BCUT2D eigenvalue weighted by Gasteiger charge is -2.26. The molecule has 0 saturated carbocycles. The third-order valence-corrected chi connectivity index (χ3v) is 16.0. The predicted octanol–water partition coefficient (Wildman–Crippen LogP) is 20.6. The molecule has 17 aromatic rings. The number of halogens is 2. The van der Waals surface area contributed by atoms with Gasteiger partial charge in [-0.1, -0.05) is 91.0 Å². The van der Waals surface area contributed by atoms with E-state index in [2.05, 4.69) is 142 Å². The summed E-state index contributed by atoms with van der Waals surface area (Å²) in [5.41, 5.74) is 15.5. The summed E-state index contributed by atoms with van der Waals surface area (Å²) in [6, 6.07) is 79.0. The molecule has 0 spiro atoms. The Kier molecular flexibility index (Phi) is 8.81. The zero-order valence-electron chi connectivity index (χ0n) is 41.3. The molecule has 12 aromatic carbocycles. The zero-order valence-corrected chi connectivity index (χ0v) is 41.3. The molecule has 78 heavy (non-hydrogen) atoms. The SMILES string of the molecule is Fc1ccc(N(c2ccc3c(c2)oc2c3ccc3c2ccc2c4ccc(N(c5ccc(F)cc5)c5ccc6oc7ccccc7c6c5)c5c6cc(-c7ccccc7)ccc6n(c32)c45)c2ccc3oc4ccccc4c3c2)cc1. The molecule has 0 aliphatic heterocycles. The van der Waals surface area contributed by atoms with Crippen molar-refractivity contribution in [3.05, 3.63) is 248 Å². The van der Waals surface area contributed by atoms with E-state index in [9.17, 15) is 8.78 Å². The summed E-state index contributed by atoms with van der Waals surface area (Å²) in [6.45, 7) is 0. The first kappa shape index (κ1) is 42.9. The van der Waals surface area contributed by atoms with E-state index >= 15 is 0 Å². The van der Waals surface area contributed by atoms with Gasteiger partial charge < -0.3 is 27.5 Å². The molecule has 6 nitrogen and oxygen atoms in total. The Labute approximate surface area is 442 Å². The van der Waals surface area contributed by atoms with E-state index in [4.69, 9.17) is 13.3 Å². The molecule has 5 aromatic heterocycles. The smallest absolute Gasteiger partial charge is 0.143 e. The molecule has 0 unspecified atom stereocenters. The van der Waals surface area contributed by atoms with Gasteiger partial charge in [-0.2, -0.15) is 0 Å². The highest BCUT2D eigenvalue weighted by atomic mass is 19.1. The van der Waals surface area contributed by atoms with Crippen LogP contribution in [0.3, 0.4) is 0 Å². The van der Waals surface area contributed by atoms with E-state index in [1.54, 1.807) is 12.1 Å². The van der Waals surface area contributed by atoms with Gasteiger partial charge in [-0.25, -0.2) is 8.78 Å². The quantitative estimate of drug-likeness (QED) is 0.159. The standard InChI is InChI=1S/C70H39F2N3O3/c71-42-15-19-44(20-16-42)73(46-24-34-64-57(37-46)49-10-4-6-12-62(49)76-64)48-23-26-51-55-29-28-54-56(70(55)78-66(51)39-48)30-27-52-53-31-33-61(67-59-36-41(40-8-2-1-3-9-40)14-32-60(59)75(68(52)54)69(53)67)74(45-21-17-43(72)18-22-45)47-25-35-65-58(38-47)50-11-5-7-13-63(50)77-65/h1-39H. The first-order chi connectivity index (χ1) is 38.5. The summed E-state index contributed by atoms with van der Waals surface area (Å²) in [7, 11) is 0. The van der Waals surface area contributed by atoms with Gasteiger partial charge >= 0.3 is 0 Å². The summed E-state index contributed by atoms with van der Waals surface area (Å²) in [5.74, 6) is -0.608. The third kappa shape index (κ3) is 6.16. The number of hydrogen-bond acceptors (Lipinski definition) is 5. The molecule has 0 N–H and O–H groups in total. The van der Waals surface area contributed by atoms with Gasteiger partial charge in [0, 0.05) is 99.1 Å². The number of anilines is 6. The Balaban J connectivity index is 0.894. The lowest BCUT2D eigenvalue weighted by Crippen LogP contribution is -2.10. The normalized spacial score (nSPS) is 12.2. The van der Waals surface area contributed by atoms with Crippen molar-refractivity contribution < 1.29 is 22.0 Å². The maximum absolute atomic E-state index is 14.9. The maximum Gasteiger partial charge on any atom is 0.143 e. The van der Waals surface area contributed by atoms with Crippen molar-refractivity contribution in [1.29, 1.82) is 0 Å².